The number of rotatable bonds is 5. The Bertz CT molecular complexity index is 678. The van der Waals surface area contributed by atoms with Crippen LogP contribution in [0.1, 0.15) is 40.4 Å². The lowest BCUT2D eigenvalue weighted by Crippen LogP contribution is -2.45. The van der Waals surface area contributed by atoms with E-state index in [2.05, 4.69) is 41.4 Å². The van der Waals surface area contributed by atoms with Gasteiger partial charge in [-0.25, -0.2) is 4.79 Å². The van der Waals surface area contributed by atoms with E-state index in [1.165, 1.54) is 18.2 Å². The Balaban J connectivity index is 1.74. The number of hydrogen-bond acceptors (Lipinski definition) is 5. The predicted octanol–water partition coefficient (Wildman–Crippen LogP) is 2.78. The third-order valence-corrected chi connectivity index (χ3v) is 4.53. The Morgan fingerprint density at radius 1 is 1.29 bits per heavy atom. The van der Waals surface area contributed by atoms with E-state index in [-0.39, 0.29) is 5.76 Å². The number of furan rings is 1. The smallest absolute Gasteiger partial charge is 0.373 e. The maximum absolute atomic E-state index is 11.5. The first-order valence-electron chi connectivity index (χ1n) is 8.42. The molecule has 0 spiro atoms. The third-order valence-electron chi connectivity index (χ3n) is 4.53. The molecule has 5 heteroatoms. The van der Waals surface area contributed by atoms with Gasteiger partial charge >= 0.3 is 5.97 Å². The van der Waals surface area contributed by atoms with Crippen LogP contribution in [0.2, 0.25) is 0 Å². The molecule has 0 bridgehead atoms. The van der Waals surface area contributed by atoms with E-state index in [9.17, 15) is 4.79 Å². The molecule has 5 nitrogen and oxygen atoms in total. The molecular formula is C19H24N2O3. The zero-order valence-electron chi connectivity index (χ0n) is 14.2. The first kappa shape index (κ1) is 16.7. The van der Waals surface area contributed by atoms with E-state index in [0.717, 1.165) is 31.8 Å². The van der Waals surface area contributed by atoms with Gasteiger partial charge in [0, 0.05) is 25.7 Å². The van der Waals surface area contributed by atoms with E-state index < -0.39 is 5.97 Å². The molecule has 24 heavy (non-hydrogen) atoms. The summed E-state index contributed by atoms with van der Waals surface area (Å²) in [6, 6.07) is 12.7. The fourth-order valence-electron chi connectivity index (χ4n) is 3.11. The summed E-state index contributed by atoms with van der Waals surface area (Å²) in [5.41, 5.74) is 2.65. The van der Waals surface area contributed by atoms with Gasteiger partial charge in [-0.2, -0.15) is 0 Å². The molecule has 1 saturated heterocycles. The van der Waals surface area contributed by atoms with Crippen LogP contribution in [0.3, 0.4) is 0 Å². The number of ether oxygens (including phenoxy) is 1. The molecule has 2 heterocycles. The lowest BCUT2D eigenvalue weighted by molar-refractivity contribution is 0.0559. The molecule has 0 amide bonds. The summed E-state index contributed by atoms with van der Waals surface area (Å²) in [5.74, 6) is 0.604. The number of piperazine rings is 1. The minimum Gasteiger partial charge on any atom is -0.463 e. The SMILES string of the molecule is CCc1ccc(C2CNCCN2Cc2ccc(C(=O)OC)o2)cc1. The van der Waals surface area contributed by atoms with Crippen molar-refractivity contribution in [2.75, 3.05) is 26.7 Å². The maximum atomic E-state index is 11.5. The number of esters is 1. The van der Waals surface area contributed by atoms with E-state index in [4.69, 9.17) is 9.15 Å². The highest BCUT2D eigenvalue weighted by atomic mass is 16.5. The molecule has 2 aromatic rings. The van der Waals surface area contributed by atoms with E-state index in [0.29, 0.717) is 12.6 Å². The van der Waals surface area contributed by atoms with Crippen molar-refractivity contribution in [2.24, 2.45) is 0 Å². The fourth-order valence-corrected chi connectivity index (χ4v) is 3.11. The Labute approximate surface area is 142 Å². The molecule has 0 saturated carbocycles. The number of nitrogens with one attached hydrogen (secondary N) is 1. The second-order valence-corrected chi connectivity index (χ2v) is 6.04. The standard InChI is InChI=1S/C19H24N2O3/c1-3-14-4-6-15(7-5-14)17-12-20-10-11-21(17)13-16-8-9-18(24-16)19(22)23-2/h4-9,17,20H,3,10-13H2,1-2H3. The second kappa shape index (κ2) is 7.64. The quantitative estimate of drug-likeness (QED) is 0.856. The molecule has 0 aliphatic carbocycles. The normalized spacial score (nSPS) is 18.5. The fraction of sp³-hybridized carbons (Fsp3) is 0.421. The number of nitrogens with zero attached hydrogens (tertiary/aromatic N) is 1. The van der Waals surface area contributed by atoms with Gasteiger partial charge in [-0.1, -0.05) is 31.2 Å². The summed E-state index contributed by atoms with van der Waals surface area (Å²) in [6.07, 6.45) is 1.05. The van der Waals surface area contributed by atoms with Gasteiger partial charge in [0.2, 0.25) is 5.76 Å². The molecule has 3 rings (SSSR count). The van der Waals surface area contributed by atoms with Crippen LogP contribution < -0.4 is 5.32 Å². The molecule has 128 valence electrons. The van der Waals surface area contributed by atoms with Crippen molar-refractivity contribution in [1.82, 2.24) is 10.2 Å². The molecule has 1 atom stereocenters. The maximum Gasteiger partial charge on any atom is 0.373 e. The summed E-state index contributed by atoms with van der Waals surface area (Å²) in [4.78, 5) is 13.9. The van der Waals surface area contributed by atoms with E-state index in [1.807, 2.05) is 6.07 Å². The second-order valence-electron chi connectivity index (χ2n) is 6.04. The van der Waals surface area contributed by atoms with Crippen LogP contribution in [0.25, 0.3) is 0 Å². The molecule has 0 radical (unpaired) electrons. The highest BCUT2D eigenvalue weighted by Gasteiger charge is 2.25. The largest absolute Gasteiger partial charge is 0.463 e. The Morgan fingerprint density at radius 3 is 2.79 bits per heavy atom. The van der Waals surface area contributed by atoms with Gasteiger partial charge in [-0.3, -0.25) is 4.90 Å². The van der Waals surface area contributed by atoms with Crippen molar-refractivity contribution in [3.63, 3.8) is 0 Å². The average molecular weight is 328 g/mol. The first-order chi connectivity index (χ1) is 11.7. The molecule has 1 fully saturated rings. The molecule has 1 aliphatic heterocycles. The van der Waals surface area contributed by atoms with Crippen LogP contribution in [0, 0.1) is 0 Å². The summed E-state index contributed by atoms with van der Waals surface area (Å²) in [7, 11) is 1.36. The first-order valence-corrected chi connectivity index (χ1v) is 8.42. The van der Waals surface area contributed by atoms with Gasteiger partial charge in [0.1, 0.15) is 5.76 Å². The predicted molar refractivity (Wildman–Crippen MR) is 91.9 cm³/mol. The van der Waals surface area contributed by atoms with E-state index >= 15 is 0 Å². The van der Waals surface area contributed by atoms with Crippen molar-refractivity contribution in [1.29, 1.82) is 0 Å². The topological polar surface area (TPSA) is 54.7 Å². The van der Waals surface area contributed by atoms with Gasteiger partial charge in [-0.15, -0.1) is 0 Å². The number of carbonyl (C=O) groups is 1. The Morgan fingerprint density at radius 2 is 2.08 bits per heavy atom. The highest BCUT2D eigenvalue weighted by molar-refractivity contribution is 5.86. The summed E-state index contributed by atoms with van der Waals surface area (Å²) < 4.78 is 10.3. The number of hydrogen-bond donors (Lipinski definition) is 1. The summed E-state index contributed by atoms with van der Waals surface area (Å²) in [6.45, 7) is 5.65. The third kappa shape index (κ3) is 3.68. The van der Waals surface area contributed by atoms with Crippen LogP contribution in [0.15, 0.2) is 40.8 Å². The van der Waals surface area contributed by atoms with Crippen molar-refractivity contribution in [2.45, 2.75) is 25.9 Å². The minimum atomic E-state index is -0.437. The van der Waals surface area contributed by atoms with Gasteiger partial charge in [0.15, 0.2) is 0 Å². The van der Waals surface area contributed by atoms with Crippen molar-refractivity contribution < 1.29 is 13.9 Å². The number of benzene rings is 1. The summed E-state index contributed by atoms with van der Waals surface area (Å²) >= 11 is 0. The minimum absolute atomic E-state index is 0.256. The number of aryl methyl sites for hydroxylation is 1. The number of carbonyl (C=O) groups excluding carboxylic acids is 1. The Kier molecular flexibility index (Phi) is 5.33. The lowest BCUT2D eigenvalue weighted by atomic mass is 10.0. The molecular weight excluding hydrogens is 304 g/mol. The van der Waals surface area contributed by atoms with Gasteiger partial charge in [-0.05, 0) is 29.7 Å². The van der Waals surface area contributed by atoms with Crippen LogP contribution in [-0.4, -0.2) is 37.6 Å². The van der Waals surface area contributed by atoms with Gasteiger partial charge in [0.05, 0.1) is 13.7 Å². The van der Waals surface area contributed by atoms with Crippen LogP contribution in [0.5, 0.6) is 0 Å². The van der Waals surface area contributed by atoms with Crippen molar-refractivity contribution in [3.05, 3.63) is 59.0 Å². The lowest BCUT2D eigenvalue weighted by Gasteiger charge is -2.36. The molecule has 1 aromatic heterocycles. The molecule has 1 aliphatic rings. The summed E-state index contributed by atoms with van der Waals surface area (Å²) in [5, 5.41) is 3.46. The monoisotopic (exact) mass is 328 g/mol. The molecule has 1 aromatic carbocycles. The zero-order chi connectivity index (χ0) is 16.9. The van der Waals surface area contributed by atoms with Crippen molar-refractivity contribution >= 4 is 5.97 Å². The van der Waals surface area contributed by atoms with E-state index in [1.54, 1.807) is 6.07 Å². The van der Waals surface area contributed by atoms with Gasteiger partial charge in [0.25, 0.3) is 0 Å². The van der Waals surface area contributed by atoms with Crippen molar-refractivity contribution in [3.8, 4) is 0 Å². The zero-order valence-corrected chi connectivity index (χ0v) is 14.2. The van der Waals surface area contributed by atoms with Crippen LogP contribution in [0.4, 0.5) is 0 Å². The average Bonchev–Trinajstić information content (AvgIpc) is 3.10. The molecule has 1 unspecified atom stereocenters. The highest BCUT2D eigenvalue weighted by Crippen LogP contribution is 2.25. The number of methoxy groups -OCH3 is 1. The molecule has 1 N–H and O–H groups in total. The van der Waals surface area contributed by atoms with Gasteiger partial charge < -0.3 is 14.5 Å². The van der Waals surface area contributed by atoms with Crippen LogP contribution in [-0.2, 0) is 17.7 Å². The van der Waals surface area contributed by atoms with Crippen LogP contribution >= 0.6 is 0 Å². The Hall–Kier alpha value is -2.11.